The Morgan fingerprint density at radius 2 is 1.73 bits per heavy atom. The lowest BCUT2D eigenvalue weighted by molar-refractivity contribution is -0.138. The molecule has 0 atom stereocenters. The van der Waals surface area contributed by atoms with Gasteiger partial charge < -0.3 is 9.64 Å². The number of hydrogen-bond donors (Lipinski definition) is 0. The molecular formula is C19H25N3O3S. The number of thiophene rings is 1. The SMILES string of the molecule is O=C1C(c2cccs2)=C(N2CCCCC2)C(=O)N1CCN1CCOCC1. The Hall–Kier alpha value is -1.70. The van der Waals surface area contributed by atoms with Crippen LogP contribution in [-0.2, 0) is 14.3 Å². The number of carbonyl (C=O) groups excluding carboxylic acids is 2. The molecule has 26 heavy (non-hydrogen) atoms. The van der Waals surface area contributed by atoms with Gasteiger partial charge in [0.2, 0.25) is 0 Å². The van der Waals surface area contributed by atoms with E-state index >= 15 is 0 Å². The van der Waals surface area contributed by atoms with E-state index in [1.165, 1.54) is 22.7 Å². The number of piperidine rings is 1. The molecule has 0 aromatic carbocycles. The third kappa shape index (κ3) is 3.43. The van der Waals surface area contributed by atoms with Crippen molar-refractivity contribution < 1.29 is 14.3 Å². The Balaban J connectivity index is 1.56. The van der Waals surface area contributed by atoms with Crippen molar-refractivity contribution in [1.82, 2.24) is 14.7 Å². The number of ether oxygens (including phenoxy) is 1. The molecule has 1 aromatic heterocycles. The van der Waals surface area contributed by atoms with Crippen LogP contribution in [0.25, 0.3) is 5.57 Å². The van der Waals surface area contributed by atoms with Gasteiger partial charge in [-0.2, -0.15) is 0 Å². The van der Waals surface area contributed by atoms with Crippen molar-refractivity contribution in [3.8, 4) is 0 Å². The van der Waals surface area contributed by atoms with Crippen LogP contribution in [-0.4, -0.2) is 79.0 Å². The van der Waals surface area contributed by atoms with Crippen LogP contribution >= 0.6 is 11.3 Å². The number of nitrogens with zero attached hydrogens (tertiary/aromatic N) is 3. The zero-order chi connectivity index (χ0) is 17.9. The van der Waals surface area contributed by atoms with Crippen LogP contribution in [0, 0.1) is 0 Å². The van der Waals surface area contributed by atoms with E-state index in [0.717, 1.165) is 57.1 Å². The van der Waals surface area contributed by atoms with E-state index < -0.39 is 0 Å². The molecule has 140 valence electrons. The van der Waals surface area contributed by atoms with E-state index in [1.807, 2.05) is 17.5 Å². The zero-order valence-electron chi connectivity index (χ0n) is 15.0. The number of amides is 2. The molecule has 3 aliphatic rings. The zero-order valence-corrected chi connectivity index (χ0v) is 15.8. The summed E-state index contributed by atoms with van der Waals surface area (Å²) in [6.45, 7) is 6.05. The van der Waals surface area contributed by atoms with E-state index in [9.17, 15) is 9.59 Å². The molecule has 2 saturated heterocycles. The highest BCUT2D eigenvalue weighted by Gasteiger charge is 2.42. The average Bonchev–Trinajstić information content (AvgIpc) is 3.28. The number of rotatable bonds is 5. The lowest BCUT2D eigenvalue weighted by atomic mass is 10.1. The van der Waals surface area contributed by atoms with Gasteiger partial charge in [-0.3, -0.25) is 19.4 Å². The molecule has 4 heterocycles. The standard InChI is InChI=1S/C19H25N3O3S/c23-18-16(15-5-4-14-26-15)17(21-6-2-1-3-7-21)19(24)22(18)9-8-20-10-12-25-13-11-20/h4-5,14H,1-3,6-13H2. The van der Waals surface area contributed by atoms with Crippen LogP contribution in [0.15, 0.2) is 23.2 Å². The van der Waals surface area contributed by atoms with Crippen LogP contribution in [0.4, 0.5) is 0 Å². The van der Waals surface area contributed by atoms with Gasteiger partial charge in [0.1, 0.15) is 5.70 Å². The van der Waals surface area contributed by atoms with E-state index in [2.05, 4.69) is 9.80 Å². The maximum atomic E-state index is 13.2. The molecule has 3 aliphatic heterocycles. The van der Waals surface area contributed by atoms with Gasteiger partial charge >= 0.3 is 0 Å². The quantitative estimate of drug-likeness (QED) is 0.733. The summed E-state index contributed by atoms with van der Waals surface area (Å²) in [5.74, 6) is -0.250. The van der Waals surface area contributed by atoms with Crippen LogP contribution in [0.1, 0.15) is 24.1 Å². The lowest BCUT2D eigenvalue weighted by Crippen LogP contribution is -2.44. The molecular weight excluding hydrogens is 350 g/mol. The first kappa shape index (κ1) is 17.7. The Labute approximate surface area is 158 Å². The predicted octanol–water partition coefficient (Wildman–Crippen LogP) is 1.65. The summed E-state index contributed by atoms with van der Waals surface area (Å²) in [4.78, 5) is 33.0. The second kappa shape index (κ2) is 7.90. The molecule has 0 radical (unpaired) electrons. The maximum Gasteiger partial charge on any atom is 0.277 e. The van der Waals surface area contributed by atoms with Gasteiger partial charge in [0.05, 0.1) is 18.8 Å². The normalized spacial score (nSPS) is 22.6. The summed E-state index contributed by atoms with van der Waals surface area (Å²) in [7, 11) is 0. The molecule has 0 unspecified atom stereocenters. The number of likely N-dealkylation sites (tertiary alicyclic amines) is 1. The molecule has 1 aromatic rings. The fourth-order valence-electron chi connectivity index (χ4n) is 3.89. The summed E-state index contributed by atoms with van der Waals surface area (Å²) >= 11 is 1.53. The third-order valence-corrected chi connectivity index (χ3v) is 6.21. The van der Waals surface area contributed by atoms with Crippen molar-refractivity contribution in [2.24, 2.45) is 0 Å². The summed E-state index contributed by atoms with van der Waals surface area (Å²) in [5, 5.41) is 1.96. The van der Waals surface area contributed by atoms with E-state index in [4.69, 9.17) is 4.74 Å². The summed E-state index contributed by atoms with van der Waals surface area (Å²) in [6.07, 6.45) is 3.36. The fourth-order valence-corrected chi connectivity index (χ4v) is 4.65. The van der Waals surface area contributed by atoms with E-state index in [-0.39, 0.29) is 11.8 Å². The van der Waals surface area contributed by atoms with Gasteiger partial charge in [-0.05, 0) is 30.7 Å². The molecule has 4 rings (SSSR count). The molecule has 0 spiro atoms. The number of morpholine rings is 1. The summed E-state index contributed by atoms with van der Waals surface area (Å²) in [6, 6.07) is 3.88. The van der Waals surface area contributed by atoms with Crippen molar-refractivity contribution >= 4 is 28.7 Å². The fraction of sp³-hybridized carbons (Fsp3) is 0.579. The average molecular weight is 375 g/mol. The molecule has 0 bridgehead atoms. The Morgan fingerprint density at radius 1 is 0.962 bits per heavy atom. The van der Waals surface area contributed by atoms with E-state index in [1.54, 1.807) is 0 Å². The first-order chi connectivity index (χ1) is 12.8. The van der Waals surface area contributed by atoms with Crippen LogP contribution in [0.3, 0.4) is 0 Å². The monoisotopic (exact) mass is 375 g/mol. The minimum Gasteiger partial charge on any atom is -0.379 e. The highest BCUT2D eigenvalue weighted by Crippen LogP contribution is 2.34. The molecule has 2 amide bonds. The van der Waals surface area contributed by atoms with Gasteiger partial charge in [0.15, 0.2) is 0 Å². The number of imide groups is 1. The van der Waals surface area contributed by atoms with Crippen molar-refractivity contribution in [1.29, 1.82) is 0 Å². The molecule has 0 N–H and O–H groups in total. The Kier molecular flexibility index (Phi) is 5.38. The second-order valence-electron chi connectivity index (χ2n) is 6.96. The molecule has 2 fully saturated rings. The molecule has 0 aliphatic carbocycles. The van der Waals surface area contributed by atoms with Crippen LogP contribution in [0.5, 0.6) is 0 Å². The van der Waals surface area contributed by atoms with E-state index in [0.29, 0.717) is 24.4 Å². The first-order valence-corrected chi connectivity index (χ1v) is 10.3. The van der Waals surface area contributed by atoms with Crippen molar-refractivity contribution in [3.63, 3.8) is 0 Å². The highest BCUT2D eigenvalue weighted by molar-refractivity contribution is 7.11. The maximum absolute atomic E-state index is 13.2. The number of hydrogen-bond acceptors (Lipinski definition) is 6. The van der Waals surface area contributed by atoms with Gasteiger partial charge in [-0.25, -0.2) is 0 Å². The van der Waals surface area contributed by atoms with Crippen molar-refractivity contribution in [2.45, 2.75) is 19.3 Å². The molecule has 6 nitrogen and oxygen atoms in total. The Bertz CT molecular complexity index is 689. The summed E-state index contributed by atoms with van der Waals surface area (Å²) in [5.41, 5.74) is 1.23. The largest absolute Gasteiger partial charge is 0.379 e. The topological polar surface area (TPSA) is 53.1 Å². The Morgan fingerprint density at radius 3 is 2.42 bits per heavy atom. The van der Waals surface area contributed by atoms with Gasteiger partial charge in [-0.15, -0.1) is 11.3 Å². The first-order valence-electron chi connectivity index (χ1n) is 9.45. The van der Waals surface area contributed by atoms with Gasteiger partial charge in [0, 0.05) is 44.1 Å². The minimum atomic E-state index is -0.133. The van der Waals surface area contributed by atoms with Crippen LogP contribution < -0.4 is 0 Å². The highest BCUT2D eigenvalue weighted by atomic mass is 32.1. The number of carbonyl (C=O) groups is 2. The second-order valence-corrected chi connectivity index (χ2v) is 7.91. The lowest BCUT2D eigenvalue weighted by Gasteiger charge is -2.30. The smallest absolute Gasteiger partial charge is 0.277 e. The third-order valence-electron chi connectivity index (χ3n) is 5.33. The van der Waals surface area contributed by atoms with Gasteiger partial charge in [0.25, 0.3) is 11.8 Å². The molecule has 7 heteroatoms. The van der Waals surface area contributed by atoms with Crippen molar-refractivity contribution in [3.05, 3.63) is 28.1 Å². The molecule has 0 saturated carbocycles. The van der Waals surface area contributed by atoms with Gasteiger partial charge in [-0.1, -0.05) is 6.07 Å². The van der Waals surface area contributed by atoms with Crippen molar-refractivity contribution in [2.75, 3.05) is 52.5 Å². The summed E-state index contributed by atoms with van der Waals surface area (Å²) < 4.78 is 5.37. The van der Waals surface area contributed by atoms with Crippen LogP contribution in [0.2, 0.25) is 0 Å². The predicted molar refractivity (Wildman–Crippen MR) is 101 cm³/mol. The minimum absolute atomic E-state index is 0.117.